The lowest BCUT2D eigenvalue weighted by atomic mass is 9.86. The molecule has 4 heteroatoms. The summed E-state index contributed by atoms with van der Waals surface area (Å²) in [6, 6.07) is 5.73. The number of fused-ring (bicyclic) bond motifs is 3. The molecule has 1 aliphatic heterocycles. The maximum Gasteiger partial charge on any atom is 0.216 e. The van der Waals surface area contributed by atoms with Crippen molar-refractivity contribution in [3.05, 3.63) is 47.6 Å². The summed E-state index contributed by atoms with van der Waals surface area (Å²) >= 11 is 0. The molecule has 2 aliphatic rings. The molecule has 1 aliphatic carbocycles. The lowest BCUT2D eigenvalue weighted by Crippen LogP contribution is -2.39. The Labute approximate surface area is 111 Å². The van der Waals surface area contributed by atoms with E-state index in [2.05, 4.69) is 0 Å². The first-order chi connectivity index (χ1) is 9.20. The lowest BCUT2D eigenvalue weighted by Gasteiger charge is -2.38. The third-order valence-corrected chi connectivity index (χ3v) is 3.48. The van der Waals surface area contributed by atoms with Crippen LogP contribution >= 0.6 is 0 Å². The van der Waals surface area contributed by atoms with Gasteiger partial charge in [0, 0.05) is 18.2 Å². The molecule has 1 aromatic rings. The van der Waals surface area contributed by atoms with Crippen molar-refractivity contribution in [1.29, 1.82) is 0 Å². The van der Waals surface area contributed by atoms with E-state index in [-0.39, 0.29) is 5.78 Å². The van der Waals surface area contributed by atoms with Crippen LogP contribution in [0.4, 0.5) is 0 Å². The maximum absolute atomic E-state index is 11.7. The second-order valence-electron chi connectivity index (χ2n) is 4.45. The summed E-state index contributed by atoms with van der Waals surface area (Å²) in [5.41, 5.74) is 2.57. The van der Waals surface area contributed by atoms with Gasteiger partial charge in [0.1, 0.15) is 5.75 Å². The molecule has 0 amide bonds. The summed E-state index contributed by atoms with van der Waals surface area (Å²) in [6.07, 6.45) is 4.66. The molecule has 0 bridgehead atoms. The van der Waals surface area contributed by atoms with Crippen molar-refractivity contribution in [3.8, 4) is 5.75 Å². The SMILES string of the molecule is COc1cccc2c1C1=CC(=O)C=CC1(OC)OC2. The zero-order valence-corrected chi connectivity index (χ0v) is 10.8. The number of methoxy groups -OCH3 is 2. The molecular weight excluding hydrogens is 244 g/mol. The number of carbonyl (C=O) groups is 1. The highest BCUT2D eigenvalue weighted by Gasteiger charge is 2.42. The molecule has 4 nitrogen and oxygen atoms in total. The monoisotopic (exact) mass is 258 g/mol. The summed E-state index contributed by atoms with van der Waals surface area (Å²) < 4.78 is 16.7. The summed E-state index contributed by atoms with van der Waals surface area (Å²) in [7, 11) is 3.18. The van der Waals surface area contributed by atoms with Crippen molar-refractivity contribution in [2.75, 3.05) is 14.2 Å². The fraction of sp³-hybridized carbons (Fsp3) is 0.267. The Morgan fingerprint density at radius 3 is 2.89 bits per heavy atom. The molecule has 0 N–H and O–H groups in total. The zero-order valence-electron chi connectivity index (χ0n) is 10.8. The van der Waals surface area contributed by atoms with Gasteiger partial charge in [-0.05, 0) is 29.9 Å². The molecule has 0 spiro atoms. The van der Waals surface area contributed by atoms with Gasteiger partial charge < -0.3 is 14.2 Å². The smallest absolute Gasteiger partial charge is 0.216 e. The van der Waals surface area contributed by atoms with Crippen LogP contribution in [0.1, 0.15) is 11.1 Å². The Bertz CT molecular complexity index is 586. The standard InChI is InChI=1S/C15H14O4/c1-17-13-5-3-4-10-9-19-15(18-2)7-6-11(16)8-12(15)14(10)13/h3-8H,9H2,1-2H3. The van der Waals surface area contributed by atoms with Crippen LogP contribution in [-0.2, 0) is 20.9 Å². The first kappa shape index (κ1) is 12.1. The summed E-state index contributed by atoms with van der Waals surface area (Å²) in [5, 5.41) is 0. The van der Waals surface area contributed by atoms with E-state index in [4.69, 9.17) is 14.2 Å². The van der Waals surface area contributed by atoms with Crippen LogP contribution in [0.2, 0.25) is 0 Å². The molecule has 1 aromatic carbocycles. The Hall–Kier alpha value is -1.91. The number of rotatable bonds is 2. The minimum Gasteiger partial charge on any atom is -0.496 e. The Morgan fingerprint density at radius 1 is 1.32 bits per heavy atom. The van der Waals surface area contributed by atoms with Crippen molar-refractivity contribution < 1.29 is 19.0 Å². The molecule has 3 rings (SSSR count). The molecule has 1 heterocycles. The van der Waals surface area contributed by atoms with Crippen molar-refractivity contribution >= 4 is 11.4 Å². The molecule has 0 saturated carbocycles. The molecule has 19 heavy (non-hydrogen) atoms. The van der Waals surface area contributed by atoms with Crippen LogP contribution in [-0.4, -0.2) is 25.8 Å². The van der Waals surface area contributed by atoms with Crippen LogP contribution in [0.3, 0.4) is 0 Å². The van der Waals surface area contributed by atoms with Crippen LogP contribution < -0.4 is 4.74 Å². The molecule has 1 atom stereocenters. The molecule has 0 aromatic heterocycles. The summed E-state index contributed by atoms with van der Waals surface area (Å²) in [4.78, 5) is 11.7. The van der Waals surface area contributed by atoms with E-state index in [0.29, 0.717) is 12.2 Å². The number of ketones is 1. The Morgan fingerprint density at radius 2 is 2.16 bits per heavy atom. The highest BCUT2D eigenvalue weighted by atomic mass is 16.7. The molecule has 0 saturated heterocycles. The Balaban J connectivity index is 2.25. The molecular formula is C15H14O4. The fourth-order valence-corrected chi connectivity index (χ4v) is 2.54. The number of carbonyl (C=O) groups excluding carboxylic acids is 1. The Kier molecular flexibility index (Phi) is 2.77. The molecule has 98 valence electrons. The highest BCUT2D eigenvalue weighted by molar-refractivity contribution is 6.08. The van der Waals surface area contributed by atoms with Crippen molar-refractivity contribution in [3.63, 3.8) is 0 Å². The predicted octanol–water partition coefficient (Wildman–Crippen LogP) is 2.09. The zero-order chi connectivity index (χ0) is 13.5. The second-order valence-corrected chi connectivity index (χ2v) is 4.45. The van der Waals surface area contributed by atoms with E-state index in [1.807, 2.05) is 18.2 Å². The largest absolute Gasteiger partial charge is 0.496 e. The van der Waals surface area contributed by atoms with Gasteiger partial charge in [0.15, 0.2) is 5.78 Å². The number of benzene rings is 1. The first-order valence-corrected chi connectivity index (χ1v) is 6.01. The van der Waals surface area contributed by atoms with Crippen LogP contribution in [0.5, 0.6) is 5.75 Å². The van der Waals surface area contributed by atoms with Crippen LogP contribution in [0.15, 0.2) is 36.4 Å². The van der Waals surface area contributed by atoms with Gasteiger partial charge in [0.25, 0.3) is 0 Å². The average Bonchev–Trinajstić information content (AvgIpc) is 2.46. The van der Waals surface area contributed by atoms with Gasteiger partial charge in [-0.2, -0.15) is 0 Å². The first-order valence-electron chi connectivity index (χ1n) is 6.01. The normalized spacial score (nSPS) is 24.5. The van der Waals surface area contributed by atoms with E-state index >= 15 is 0 Å². The van der Waals surface area contributed by atoms with Gasteiger partial charge in [0.05, 0.1) is 13.7 Å². The molecule has 0 radical (unpaired) electrons. The predicted molar refractivity (Wildman–Crippen MR) is 69.6 cm³/mol. The maximum atomic E-state index is 11.7. The van der Waals surface area contributed by atoms with Crippen molar-refractivity contribution in [2.24, 2.45) is 0 Å². The fourth-order valence-electron chi connectivity index (χ4n) is 2.54. The minimum atomic E-state index is -0.991. The summed E-state index contributed by atoms with van der Waals surface area (Å²) in [6.45, 7) is 0.413. The number of hydrogen-bond acceptors (Lipinski definition) is 4. The third kappa shape index (κ3) is 1.72. The van der Waals surface area contributed by atoms with E-state index in [9.17, 15) is 4.79 Å². The summed E-state index contributed by atoms with van der Waals surface area (Å²) in [5.74, 6) is -0.350. The van der Waals surface area contributed by atoms with Crippen LogP contribution in [0.25, 0.3) is 5.57 Å². The van der Waals surface area contributed by atoms with Gasteiger partial charge in [-0.15, -0.1) is 0 Å². The second kappa shape index (κ2) is 4.33. The topological polar surface area (TPSA) is 44.8 Å². The van der Waals surface area contributed by atoms with Gasteiger partial charge in [-0.1, -0.05) is 12.1 Å². The van der Waals surface area contributed by atoms with Crippen molar-refractivity contribution in [2.45, 2.75) is 12.4 Å². The minimum absolute atomic E-state index is 0.0787. The quantitative estimate of drug-likeness (QED) is 0.814. The average molecular weight is 258 g/mol. The highest BCUT2D eigenvalue weighted by Crippen LogP contribution is 2.45. The van der Waals surface area contributed by atoms with E-state index in [1.54, 1.807) is 26.4 Å². The lowest BCUT2D eigenvalue weighted by molar-refractivity contribution is -0.159. The molecule has 1 unspecified atom stereocenters. The van der Waals surface area contributed by atoms with E-state index in [1.165, 1.54) is 6.08 Å². The molecule has 0 fully saturated rings. The number of hydrogen-bond donors (Lipinski definition) is 0. The van der Waals surface area contributed by atoms with E-state index < -0.39 is 5.79 Å². The number of ether oxygens (including phenoxy) is 3. The number of allylic oxidation sites excluding steroid dienone is 2. The van der Waals surface area contributed by atoms with Gasteiger partial charge in [-0.3, -0.25) is 4.79 Å². The van der Waals surface area contributed by atoms with Crippen LogP contribution in [0, 0.1) is 0 Å². The van der Waals surface area contributed by atoms with Crippen molar-refractivity contribution in [1.82, 2.24) is 0 Å². The van der Waals surface area contributed by atoms with Gasteiger partial charge in [0.2, 0.25) is 5.79 Å². The van der Waals surface area contributed by atoms with Gasteiger partial charge in [-0.25, -0.2) is 0 Å². The van der Waals surface area contributed by atoms with E-state index in [0.717, 1.165) is 16.9 Å². The van der Waals surface area contributed by atoms with Gasteiger partial charge >= 0.3 is 0 Å². The third-order valence-electron chi connectivity index (χ3n) is 3.48.